The van der Waals surface area contributed by atoms with Crippen molar-refractivity contribution < 1.29 is 9.59 Å². The molecule has 5 rings (SSSR count). The molecule has 2 amide bonds. The Morgan fingerprint density at radius 1 is 1.10 bits per heavy atom. The number of nitrogens with one attached hydrogen (secondary N) is 2. The summed E-state index contributed by atoms with van der Waals surface area (Å²) >= 11 is 0. The lowest BCUT2D eigenvalue weighted by Gasteiger charge is -2.26. The van der Waals surface area contributed by atoms with E-state index in [9.17, 15) is 9.59 Å². The Kier molecular flexibility index (Phi) is 5.09. The van der Waals surface area contributed by atoms with Gasteiger partial charge in [-0.2, -0.15) is 0 Å². The first-order chi connectivity index (χ1) is 14.7. The molecule has 0 aromatic heterocycles. The van der Waals surface area contributed by atoms with Crippen LogP contribution in [0.1, 0.15) is 36.3 Å². The fourth-order valence-electron chi connectivity index (χ4n) is 5.98. The monoisotopic (exact) mass is 406 g/mol. The van der Waals surface area contributed by atoms with E-state index in [0.717, 1.165) is 25.3 Å². The number of hydrogen-bond acceptors (Lipinski definition) is 3. The minimum absolute atomic E-state index is 0.0189. The molecular formula is C24H30N4O2. The van der Waals surface area contributed by atoms with E-state index in [0.29, 0.717) is 19.0 Å². The van der Waals surface area contributed by atoms with Gasteiger partial charge in [-0.1, -0.05) is 36.4 Å². The number of hydrogen-bond donors (Lipinski definition) is 2. The molecule has 0 radical (unpaired) electrons. The van der Waals surface area contributed by atoms with Crippen LogP contribution in [0.2, 0.25) is 0 Å². The Bertz CT molecular complexity index is 878. The zero-order chi connectivity index (χ0) is 20.7. The van der Waals surface area contributed by atoms with Crippen LogP contribution in [-0.4, -0.2) is 49.4 Å². The highest BCUT2D eigenvalue weighted by atomic mass is 16.2. The SMILES string of the molecule is CN=C(NCCN1C(=O)C2C3C=CC(C3)C2C1=O)NCC1CCCc2ccccc21. The van der Waals surface area contributed by atoms with E-state index in [1.165, 1.54) is 28.9 Å². The largest absolute Gasteiger partial charge is 0.356 e. The molecule has 3 aliphatic carbocycles. The zero-order valence-electron chi connectivity index (χ0n) is 17.5. The molecule has 158 valence electrons. The topological polar surface area (TPSA) is 73.8 Å². The van der Waals surface area contributed by atoms with Gasteiger partial charge in [-0.15, -0.1) is 0 Å². The van der Waals surface area contributed by atoms with Crippen molar-refractivity contribution in [1.29, 1.82) is 0 Å². The van der Waals surface area contributed by atoms with Gasteiger partial charge in [-0.25, -0.2) is 0 Å². The van der Waals surface area contributed by atoms with Crippen molar-refractivity contribution >= 4 is 17.8 Å². The summed E-state index contributed by atoms with van der Waals surface area (Å²) in [6.07, 6.45) is 8.79. The van der Waals surface area contributed by atoms with Crippen LogP contribution >= 0.6 is 0 Å². The van der Waals surface area contributed by atoms with Crippen molar-refractivity contribution in [2.75, 3.05) is 26.7 Å². The fraction of sp³-hybridized carbons (Fsp3) is 0.542. The number of likely N-dealkylation sites (tertiary alicyclic amines) is 1. The minimum atomic E-state index is -0.115. The van der Waals surface area contributed by atoms with Gasteiger partial charge in [0.25, 0.3) is 0 Å². The lowest BCUT2D eigenvalue weighted by molar-refractivity contribution is -0.140. The summed E-state index contributed by atoms with van der Waals surface area (Å²) in [6, 6.07) is 8.70. The molecule has 1 aliphatic heterocycles. The van der Waals surface area contributed by atoms with Crippen LogP contribution < -0.4 is 10.6 Å². The highest BCUT2D eigenvalue weighted by Gasteiger charge is 2.58. The van der Waals surface area contributed by atoms with Gasteiger partial charge in [0.2, 0.25) is 11.8 Å². The Labute approximate surface area is 177 Å². The van der Waals surface area contributed by atoms with Gasteiger partial charge in [-0.05, 0) is 48.6 Å². The first kappa shape index (κ1) is 19.3. The van der Waals surface area contributed by atoms with Gasteiger partial charge in [0.1, 0.15) is 0 Å². The molecule has 5 atom stereocenters. The zero-order valence-corrected chi connectivity index (χ0v) is 17.5. The second kappa shape index (κ2) is 7.89. The van der Waals surface area contributed by atoms with E-state index in [1.807, 2.05) is 0 Å². The summed E-state index contributed by atoms with van der Waals surface area (Å²) < 4.78 is 0. The van der Waals surface area contributed by atoms with Gasteiger partial charge in [0.15, 0.2) is 5.96 Å². The smallest absolute Gasteiger partial charge is 0.233 e. The van der Waals surface area contributed by atoms with E-state index in [-0.39, 0.29) is 35.5 Å². The highest BCUT2D eigenvalue weighted by molar-refractivity contribution is 6.06. The Morgan fingerprint density at radius 3 is 2.57 bits per heavy atom. The number of allylic oxidation sites excluding steroid dienone is 2. The van der Waals surface area contributed by atoms with Crippen LogP contribution in [0.5, 0.6) is 0 Å². The Hall–Kier alpha value is -2.63. The van der Waals surface area contributed by atoms with Crippen molar-refractivity contribution in [2.45, 2.75) is 31.6 Å². The van der Waals surface area contributed by atoms with Crippen molar-refractivity contribution in [2.24, 2.45) is 28.7 Å². The summed E-state index contributed by atoms with van der Waals surface area (Å²) in [5.74, 6) is 1.55. The van der Waals surface area contributed by atoms with E-state index >= 15 is 0 Å². The van der Waals surface area contributed by atoms with Gasteiger partial charge in [-0.3, -0.25) is 19.5 Å². The molecule has 6 nitrogen and oxygen atoms in total. The third-order valence-electron chi connectivity index (χ3n) is 7.42. The minimum Gasteiger partial charge on any atom is -0.356 e. The molecule has 2 bridgehead atoms. The Balaban J connectivity index is 1.13. The third-order valence-corrected chi connectivity index (χ3v) is 7.42. The van der Waals surface area contributed by atoms with Crippen LogP contribution in [-0.2, 0) is 16.0 Å². The molecule has 30 heavy (non-hydrogen) atoms. The highest BCUT2D eigenvalue weighted by Crippen LogP contribution is 2.52. The predicted molar refractivity (Wildman–Crippen MR) is 116 cm³/mol. The van der Waals surface area contributed by atoms with Gasteiger partial charge < -0.3 is 10.6 Å². The molecule has 1 saturated heterocycles. The van der Waals surface area contributed by atoms with Gasteiger partial charge in [0.05, 0.1) is 11.8 Å². The van der Waals surface area contributed by atoms with Crippen LogP contribution in [0, 0.1) is 23.7 Å². The second-order valence-electron chi connectivity index (χ2n) is 9.00. The molecule has 2 fully saturated rings. The van der Waals surface area contributed by atoms with E-state index in [2.05, 4.69) is 52.0 Å². The average molecular weight is 407 g/mol. The van der Waals surface area contributed by atoms with E-state index in [1.54, 1.807) is 7.05 Å². The molecule has 1 aromatic rings. The third kappa shape index (κ3) is 3.22. The average Bonchev–Trinajstić information content (AvgIpc) is 3.45. The second-order valence-corrected chi connectivity index (χ2v) is 9.00. The van der Waals surface area contributed by atoms with Crippen molar-refractivity contribution in [1.82, 2.24) is 15.5 Å². The summed E-state index contributed by atoms with van der Waals surface area (Å²) in [7, 11) is 1.75. The van der Waals surface area contributed by atoms with Crippen molar-refractivity contribution in [3.63, 3.8) is 0 Å². The van der Waals surface area contributed by atoms with Gasteiger partial charge >= 0.3 is 0 Å². The van der Waals surface area contributed by atoms with Gasteiger partial charge in [0, 0.05) is 32.6 Å². The van der Waals surface area contributed by atoms with Crippen molar-refractivity contribution in [3.05, 3.63) is 47.5 Å². The summed E-state index contributed by atoms with van der Waals surface area (Å²) in [6.45, 7) is 1.75. The maximum Gasteiger partial charge on any atom is 0.233 e. The molecule has 2 N–H and O–H groups in total. The molecule has 4 aliphatic rings. The summed E-state index contributed by atoms with van der Waals surface area (Å²) in [5.41, 5.74) is 2.90. The number of amides is 2. The maximum atomic E-state index is 12.8. The normalized spacial score (nSPS) is 31.8. The molecular weight excluding hydrogens is 376 g/mol. The first-order valence-corrected chi connectivity index (χ1v) is 11.2. The van der Waals surface area contributed by atoms with Crippen LogP contribution in [0.3, 0.4) is 0 Å². The number of carbonyl (C=O) groups is 2. The lowest BCUT2D eigenvalue weighted by atomic mass is 9.83. The number of rotatable bonds is 5. The van der Waals surface area contributed by atoms with Crippen molar-refractivity contribution in [3.8, 4) is 0 Å². The number of carbonyl (C=O) groups excluding carboxylic acids is 2. The molecule has 5 unspecified atom stereocenters. The molecule has 1 aromatic carbocycles. The number of guanidine groups is 1. The number of aryl methyl sites for hydroxylation is 1. The molecule has 1 heterocycles. The van der Waals surface area contributed by atoms with Crippen LogP contribution in [0.25, 0.3) is 0 Å². The van der Waals surface area contributed by atoms with Crippen LogP contribution in [0.15, 0.2) is 41.4 Å². The first-order valence-electron chi connectivity index (χ1n) is 11.2. The lowest BCUT2D eigenvalue weighted by Crippen LogP contribution is -2.44. The van der Waals surface area contributed by atoms with E-state index in [4.69, 9.17) is 0 Å². The predicted octanol–water partition coefficient (Wildman–Crippen LogP) is 2.08. The standard InChI is InChI=1S/C24H30N4O2/c1-25-24(27-14-18-7-4-6-15-5-2-3-8-19(15)18)26-11-12-28-22(29)20-16-9-10-17(13-16)21(20)23(28)30/h2-3,5,8-10,16-18,20-21H,4,6-7,11-14H2,1H3,(H2,25,26,27). The quantitative estimate of drug-likeness (QED) is 0.340. The molecule has 6 heteroatoms. The summed E-state index contributed by atoms with van der Waals surface area (Å²) in [5, 5.41) is 6.71. The fourth-order valence-corrected chi connectivity index (χ4v) is 5.98. The summed E-state index contributed by atoms with van der Waals surface area (Å²) in [4.78, 5) is 31.3. The Morgan fingerprint density at radius 2 is 1.83 bits per heavy atom. The number of imide groups is 1. The number of benzene rings is 1. The number of aliphatic imine (C=N–C) groups is 1. The number of fused-ring (bicyclic) bond motifs is 6. The maximum absolute atomic E-state index is 12.8. The van der Waals surface area contributed by atoms with Crippen LogP contribution in [0.4, 0.5) is 0 Å². The number of nitrogens with zero attached hydrogens (tertiary/aromatic N) is 2. The molecule has 0 spiro atoms. The molecule has 1 saturated carbocycles. The van der Waals surface area contributed by atoms with E-state index < -0.39 is 0 Å².